The number of hydrogen-bond donors (Lipinski definition) is 0. The van der Waals surface area contributed by atoms with Crippen molar-refractivity contribution in [1.82, 2.24) is 24.6 Å². The van der Waals surface area contributed by atoms with Gasteiger partial charge in [-0.15, -0.1) is 0 Å². The average Bonchev–Trinajstić information content (AvgIpc) is 3.32. The Morgan fingerprint density at radius 2 is 1.77 bits per heavy atom. The van der Waals surface area contributed by atoms with Gasteiger partial charge in [-0.25, -0.2) is 23.8 Å². The molecule has 11 heteroatoms. The lowest BCUT2D eigenvalue weighted by atomic mass is 9.91. The molecule has 4 heterocycles. The Hall–Kier alpha value is -4.05. The summed E-state index contributed by atoms with van der Waals surface area (Å²) in [7, 11) is 1.36. The smallest absolute Gasteiger partial charge is 0.339 e. The zero-order valence-electron chi connectivity index (χ0n) is 25.7. The molecule has 226 valence electrons. The summed E-state index contributed by atoms with van der Waals surface area (Å²) in [5.74, 6) is -0.378. The number of methoxy groups -OCH3 is 1. The van der Waals surface area contributed by atoms with E-state index in [9.17, 15) is 14.0 Å². The third kappa shape index (κ3) is 5.56. The van der Waals surface area contributed by atoms with Crippen LogP contribution >= 0.6 is 11.6 Å². The molecule has 0 N–H and O–H groups in total. The number of piperazine rings is 1. The van der Waals surface area contributed by atoms with Crippen LogP contribution in [0.25, 0.3) is 16.7 Å². The summed E-state index contributed by atoms with van der Waals surface area (Å²) in [5, 5.41) is 4.83. The van der Waals surface area contributed by atoms with Crippen molar-refractivity contribution < 1.29 is 18.7 Å². The first-order chi connectivity index (χ1) is 20.1. The SMILES string of the molecule is COC(=O)c1c(C)cc(N2CCN(C(=O)c3ccc4c(n3)c(C(C)(C)C)nn4-c3ccc(Cl)c(F)c3)C(C)(C)C2)nc1C. The van der Waals surface area contributed by atoms with Crippen LogP contribution in [0.2, 0.25) is 5.02 Å². The Morgan fingerprint density at radius 1 is 1.05 bits per heavy atom. The summed E-state index contributed by atoms with van der Waals surface area (Å²) >= 11 is 5.91. The topological polar surface area (TPSA) is 93.5 Å². The van der Waals surface area contributed by atoms with E-state index in [1.54, 1.807) is 23.7 Å². The highest BCUT2D eigenvalue weighted by Gasteiger charge is 2.39. The molecule has 1 aliphatic heterocycles. The standard InChI is InChI=1S/C32H36ClFN6O3/c1-18-15-25(35-19(2)26(18)30(42)43-8)38-13-14-39(32(6,7)17-38)29(41)23-11-12-24-27(36-23)28(31(3,4)5)37-40(24)20-9-10-21(33)22(34)16-20/h9-12,15-16H,13-14,17H2,1-8H3. The maximum atomic E-state index is 14.3. The molecule has 0 radical (unpaired) electrons. The van der Waals surface area contributed by atoms with Gasteiger partial charge >= 0.3 is 5.97 Å². The largest absolute Gasteiger partial charge is 0.465 e. The number of pyridine rings is 2. The van der Waals surface area contributed by atoms with E-state index < -0.39 is 17.3 Å². The van der Waals surface area contributed by atoms with Crippen LogP contribution in [0.4, 0.5) is 10.2 Å². The number of rotatable bonds is 4. The van der Waals surface area contributed by atoms with Gasteiger partial charge in [0.05, 0.1) is 45.8 Å². The fourth-order valence-corrected chi connectivity index (χ4v) is 5.80. The number of halogens is 2. The number of nitrogens with zero attached hydrogens (tertiary/aromatic N) is 6. The first kappa shape index (κ1) is 30.4. The highest BCUT2D eigenvalue weighted by atomic mass is 35.5. The molecule has 1 fully saturated rings. The quantitative estimate of drug-likeness (QED) is 0.261. The molecule has 1 aliphatic rings. The van der Waals surface area contributed by atoms with Gasteiger partial charge in [0.15, 0.2) is 0 Å². The first-order valence-corrected chi connectivity index (χ1v) is 14.5. The van der Waals surface area contributed by atoms with Crippen molar-refractivity contribution >= 4 is 40.3 Å². The molecular formula is C32H36ClFN6O3. The Bertz CT molecular complexity index is 1740. The Kier molecular flexibility index (Phi) is 7.71. The maximum Gasteiger partial charge on any atom is 0.339 e. The molecular weight excluding hydrogens is 571 g/mol. The summed E-state index contributed by atoms with van der Waals surface area (Å²) in [5.41, 5.74) is 3.71. The van der Waals surface area contributed by atoms with Gasteiger partial charge < -0.3 is 14.5 Å². The first-order valence-electron chi connectivity index (χ1n) is 14.1. The lowest BCUT2D eigenvalue weighted by molar-refractivity contribution is 0.0506. The van der Waals surface area contributed by atoms with Crippen LogP contribution in [0.15, 0.2) is 36.4 Å². The number of anilines is 1. The predicted molar refractivity (Wildman–Crippen MR) is 165 cm³/mol. The molecule has 1 saturated heterocycles. The van der Waals surface area contributed by atoms with Crippen molar-refractivity contribution in [2.75, 3.05) is 31.6 Å². The van der Waals surface area contributed by atoms with Crippen LogP contribution in [0.3, 0.4) is 0 Å². The second-order valence-corrected chi connectivity index (χ2v) is 13.0. The van der Waals surface area contributed by atoms with Gasteiger partial charge in [0.1, 0.15) is 22.8 Å². The summed E-state index contributed by atoms with van der Waals surface area (Å²) in [4.78, 5) is 39.7. The van der Waals surface area contributed by atoms with Crippen molar-refractivity contribution in [3.8, 4) is 5.69 Å². The number of aromatic nitrogens is 4. The lowest BCUT2D eigenvalue weighted by Crippen LogP contribution is -2.61. The molecule has 1 aromatic carbocycles. The number of aryl methyl sites for hydroxylation is 2. The fourth-order valence-electron chi connectivity index (χ4n) is 5.69. The molecule has 0 unspecified atom stereocenters. The van der Waals surface area contributed by atoms with Crippen molar-refractivity contribution in [1.29, 1.82) is 0 Å². The second kappa shape index (κ2) is 10.9. The Balaban J connectivity index is 1.46. The fraction of sp³-hybridized carbons (Fsp3) is 0.406. The molecule has 9 nitrogen and oxygen atoms in total. The van der Waals surface area contributed by atoms with Crippen LogP contribution in [-0.4, -0.2) is 68.8 Å². The third-order valence-corrected chi connectivity index (χ3v) is 8.15. The second-order valence-electron chi connectivity index (χ2n) is 12.6. The van der Waals surface area contributed by atoms with E-state index in [4.69, 9.17) is 31.4 Å². The van der Waals surface area contributed by atoms with Gasteiger partial charge in [-0.1, -0.05) is 32.4 Å². The van der Waals surface area contributed by atoms with Crippen LogP contribution in [-0.2, 0) is 10.2 Å². The summed E-state index contributed by atoms with van der Waals surface area (Å²) in [6.07, 6.45) is 0. The van der Waals surface area contributed by atoms with Crippen LogP contribution in [0, 0.1) is 19.7 Å². The van der Waals surface area contributed by atoms with Gasteiger partial charge in [-0.2, -0.15) is 5.10 Å². The molecule has 3 aromatic heterocycles. The van der Waals surface area contributed by atoms with Crippen LogP contribution in [0.5, 0.6) is 0 Å². The molecule has 4 aromatic rings. The summed E-state index contributed by atoms with van der Waals surface area (Å²) in [6, 6.07) is 9.93. The minimum absolute atomic E-state index is 0.0317. The molecule has 43 heavy (non-hydrogen) atoms. The molecule has 0 bridgehead atoms. The van der Waals surface area contributed by atoms with Crippen LogP contribution in [0.1, 0.15) is 72.4 Å². The maximum absolute atomic E-state index is 14.3. The molecule has 0 saturated carbocycles. The third-order valence-electron chi connectivity index (χ3n) is 7.85. The number of carbonyl (C=O) groups excluding carboxylic acids is 2. The van der Waals surface area contributed by atoms with Crippen LogP contribution < -0.4 is 4.90 Å². The van der Waals surface area contributed by atoms with E-state index in [1.807, 2.05) is 58.6 Å². The number of amides is 1. The number of hydrogen-bond acceptors (Lipinski definition) is 7. The monoisotopic (exact) mass is 606 g/mol. The number of esters is 1. The zero-order chi connectivity index (χ0) is 31.4. The van der Waals surface area contributed by atoms with Crippen molar-refractivity contribution in [3.63, 3.8) is 0 Å². The average molecular weight is 607 g/mol. The molecule has 0 atom stereocenters. The highest BCUT2D eigenvalue weighted by Crippen LogP contribution is 2.32. The van der Waals surface area contributed by atoms with E-state index >= 15 is 0 Å². The minimum Gasteiger partial charge on any atom is -0.465 e. The number of ether oxygens (including phenoxy) is 1. The number of carbonyl (C=O) groups is 2. The Morgan fingerprint density at radius 3 is 2.37 bits per heavy atom. The zero-order valence-corrected chi connectivity index (χ0v) is 26.5. The summed E-state index contributed by atoms with van der Waals surface area (Å²) < 4.78 is 20.9. The van der Waals surface area contributed by atoms with Gasteiger partial charge in [-0.05, 0) is 63.6 Å². The van der Waals surface area contributed by atoms with Crippen molar-refractivity contribution in [2.24, 2.45) is 0 Å². The molecule has 1 amide bonds. The minimum atomic E-state index is -0.547. The van der Waals surface area contributed by atoms with Crippen molar-refractivity contribution in [2.45, 2.75) is 59.4 Å². The number of benzene rings is 1. The molecule has 5 rings (SSSR count). The highest BCUT2D eigenvalue weighted by molar-refractivity contribution is 6.30. The predicted octanol–water partition coefficient (Wildman–Crippen LogP) is 6.05. The van der Waals surface area contributed by atoms with E-state index in [0.29, 0.717) is 59.0 Å². The van der Waals surface area contributed by atoms with Gasteiger partial charge in [-0.3, -0.25) is 4.79 Å². The van der Waals surface area contributed by atoms with Crippen molar-refractivity contribution in [3.05, 3.63) is 75.4 Å². The number of fused-ring (bicyclic) bond motifs is 1. The summed E-state index contributed by atoms with van der Waals surface area (Å²) in [6.45, 7) is 15.3. The molecule has 0 spiro atoms. The van der Waals surface area contributed by atoms with Gasteiger partial charge in [0.2, 0.25) is 0 Å². The lowest BCUT2D eigenvalue weighted by Gasteiger charge is -2.47. The van der Waals surface area contributed by atoms with Gasteiger partial charge in [0.25, 0.3) is 5.91 Å². The normalized spacial score (nSPS) is 15.2. The molecule has 0 aliphatic carbocycles. The van der Waals surface area contributed by atoms with E-state index in [1.165, 1.54) is 19.2 Å². The van der Waals surface area contributed by atoms with E-state index in [0.717, 1.165) is 11.4 Å². The van der Waals surface area contributed by atoms with E-state index in [2.05, 4.69) is 4.90 Å². The van der Waals surface area contributed by atoms with E-state index in [-0.39, 0.29) is 16.3 Å². The van der Waals surface area contributed by atoms with Gasteiger partial charge in [0, 0.05) is 31.1 Å². The Labute approximate surface area is 255 Å².